The van der Waals surface area contributed by atoms with Crippen molar-refractivity contribution in [3.63, 3.8) is 0 Å². The fourth-order valence-electron chi connectivity index (χ4n) is 7.00. The average molecular weight is 581 g/mol. The highest BCUT2D eigenvalue weighted by Crippen LogP contribution is 2.55. The van der Waals surface area contributed by atoms with Crippen molar-refractivity contribution in [3.8, 4) is 0 Å². The summed E-state index contributed by atoms with van der Waals surface area (Å²) in [4.78, 5) is 0. The lowest BCUT2D eigenvalue weighted by Gasteiger charge is -2.36. The zero-order valence-electron chi connectivity index (χ0n) is 29.4. The standard InChI is InChI=1S/C39H81P/c1-7-10-13-16-19-22-25-28-31-34-37(4)40(38(5)35-32-29-26-23-20-17-14-11-8-2)39(6)36-33-30-27-24-21-18-15-12-9-3/h37-39H,7-36H2,1-6H3. The van der Waals surface area contributed by atoms with E-state index < -0.39 is 0 Å². The Balaban J connectivity index is 4.40. The zero-order chi connectivity index (χ0) is 29.5. The van der Waals surface area contributed by atoms with Gasteiger partial charge in [-0.2, -0.15) is 0 Å². The zero-order valence-corrected chi connectivity index (χ0v) is 30.3. The van der Waals surface area contributed by atoms with Gasteiger partial charge >= 0.3 is 0 Å². The highest BCUT2D eigenvalue weighted by molar-refractivity contribution is 7.59. The van der Waals surface area contributed by atoms with E-state index in [0.717, 1.165) is 17.0 Å². The molecule has 1 heteroatoms. The van der Waals surface area contributed by atoms with E-state index in [1.54, 1.807) is 0 Å². The molecule has 0 rings (SSSR count). The van der Waals surface area contributed by atoms with Crippen LogP contribution in [0, 0.1) is 0 Å². The molecule has 3 unspecified atom stereocenters. The van der Waals surface area contributed by atoms with Crippen LogP contribution in [0.1, 0.15) is 234 Å². The summed E-state index contributed by atoms with van der Waals surface area (Å²) in [7, 11) is 0.152. The van der Waals surface area contributed by atoms with Crippen LogP contribution in [0.5, 0.6) is 0 Å². The van der Waals surface area contributed by atoms with Crippen LogP contribution in [0.15, 0.2) is 0 Å². The molecule has 0 saturated heterocycles. The second kappa shape index (κ2) is 32.3. The maximum Gasteiger partial charge on any atom is -0.0233 e. The lowest BCUT2D eigenvalue weighted by molar-refractivity contribution is 0.544. The van der Waals surface area contributed by atoms with Gasteiger partial charge in [0.05, 0.1) is 0 Å². The Morgan fingerprint density at radius 3 is 0.650 bits per heavy atom. The van der Waals surface area contributed by atoms with Crippen molar-refractivity contribution in [3.05, 3.63) is 0 Å². The Kier molecular flexibility index (Phi) is 32.7. The van der Waals surface area contributed by atoms with Gasteiger partial charge in [-0.05, 0) is 36.2 Å². The molecule has 40 heavy (non-hydrogen) atoms. The van der Waals surface area contributed by atoms with E-state index in [0.29, 0.717) is 0 Å². The number of unbranched alkanes of at least 4 members (excludes halogenated alkanes) is 24. The first-order valence-electron chi connectivity index (χ1n) is 19.4. The van der Waals surface area contributed by atoms with Gasteiger partial charge in [0.2, 0.25) is 0 Å². The molecule has 0 N–H and O–H groups in total. The lowest BCUT2D eigenvalue weighted by atomic mass is 10.1. The summed E-state index contributed by atoms with van der Waals surface area (Å²) in [6.07, 6.45) is 44.0. The Labute approximate surface area is 258 Å². The van der Waals surface area contributed by atoms with Crippen LogP contribution in [-0.2, 0) is 0 Å². The highest BCUT2D eigenvalue weighted by atomic mass is 31.1. The molecule has 0 amide bonds. The van der Waals surface area contributed by atoms with E-state index >= 15 is 0 Å². The molecule has 3 atom stereocenters. The first-order valence-corrected chi connectivity index (χ1v) is 20.9. The first-order chi connectivity index (χ1) is 19.6. The molecule has 0 heterocycles. The van der Waals surface area contributed by atoms with E-state index in [1.807, 2.05) is 0 Å². The maximum absolute atomic E-state index is 2.66. The summed E-state index contributed by atoms with van der Waals surface area (Å²) in [5.74, 6) is 0. The molecule has 0 aliphatic rings. The molecule has 0 bridgehead atoms. The molecule has 0 radical (unpaired) electrons. The van der Waals surface area contributed by atoms with Gasteiger partial charge in [-0.15, -0.1) is 0 Å². The smallest absolute Gasteiger partial charge is 0.0233 e. The van der Waals surface area contributed by atoms with Crippen molar-refractivity contribution in [2.45, 2.75) is 251 Å². The number of hydrogen-bond acceptors (Lipinski definition) is 0. The number of hydrogen-bond donors (Lipinski definition) is 0. The van der Waals surface area contributed by atoms with Crippen LogP contribution >= 0.6 is 7.92 Å². The molecule has 0 saturated carbocycles. The van der Waals surface area contributed by atoms with Gasteiger partial charge in [-0.1, -0.05) is 223 Å². The molecule has 0 aliphatic carbocycles. The first kappa shape index (κ1) is 40.4. The van der Waals surface area contributed by atoms with Gasteiger partial charge < -0.3 is 0 Å². The predicted molar refractivity (Wildman–Crippen MR) is 191 cm³/mol. The third-order valence-electron chi connectivity index (χ3n) is 9.70. The topological polar surface area (TPSA) is 0 Å². The average Bonchev–Trinajstić information content (AvgIpc) is 2.94. The molecular weight excluding hydrogens is 499 g/mol. The van der Waals surface area contributed by atoms with Crippen molar-refractivity contribution in [2.24, 2.45) is 0 Å². The summed E-state index contributed by atoms with van der Waals surface area (Å²) in [5, 5.41) is 0. The van der Waals surface area contributed by atoms with Crippen LogP contribution in [0.3, 0.4) is 0 Å². The number of rotatable bonds is 33. The van der Waals surface area contributed by atoms with Crippen molar-refractivity contribution in [1.82, 2.24) is 0 Å². The Morgan fingerprint density at radius 1 is 0.275 bits per heavy atom. The SMILES string of the molecule is CCCCCCCCCCCC(C)P(C(C)CCCCCCCCCCC)C(C)CCCCCCCCCCC. The van der Waals surface area contributed by atoms with Crippen molar-refractivity contribution in [2.75, 3.05) is 0 Å². The van der Waals surface area contributed by atoms with Crippen molar-refractivity contribution < 1.29 is 0 Å². The van der Waals surface area contributed by atoms with Gasteiger partial charge in [-0.3, -0.25) is 0 Å². The molecule has 0 nitrogen and oxygen atoms in total. The van der Waals surface area contributed by atoms with E-state index in [-0.39, 0.29) is 7.92 Å². The Bertz CT molecular complexity index is 393. The third-order valence-corrected chi connectivity index (χ3v) is 13.5. The summed E-state index contributed by atoms with van der Waals surface area (Å²) in [6, 6.07) is 0. The lowest BCUT2D eigenvalue weighted by Crippen LogP contribution is -2.18. The van der Waals surface area contributed by atoms with Crippen LogP contribution in [0.4, 0.5) is 0 Å². The van der Waals surface area contributed by atoms with E-state index in [9.17, 15) is 0 Å². The van der Waals surface area contributed by atoms with Crippen molar-refractivity contribution >= 4 is 7.92 Å². The van der Waals surface area contributed by atoms with Gasteiger partial charge in [0.15, 0.2) is 0 Å². The summed E-state index contributed by atoms with van der Waals surface area (Å²) >= 11 is 0. The normalized spacial score (nSPS) is 14.8. The monoisotopic (exact) mass is 581 g/mol. The maximum atomic E-state index is 2.66. The van der Waals surface area contributed by atoms with E-state index in [4.69, 9.17) is 0 Å². The molecule has 0 fully saturated rings. The van der Waals surface area contributed by atoms with E-state index in [1.165, 1.54) is 193 Å². The van der Waals surface area contributed by atoms with Crippen molar-refractivity contribution in [1.29, 1.82) is 0 Å². The van der Waals surface area contributed by atoms with Gasteiger partial charge in [0, 0.05) is 0 Å². The minimum absolute atomic E-state index is 0.152. The summed E-state index contributed by atoms with van der Waals surface area (Å²) in [6.45, 7) is 15.0. The molecular formula is C39H81P. The fourth-order valence-corrected chi connectivity index (χ4v) is 11.1. The highest BCUT2D eigenvalue weighted by Gasteiger charge is 2.27. The Morgan fingerprint density at radius 2 is 0.450 bits per heavy atom. The van der Waals surface area contributed by atoms with Crippen LogP contribution < -0.4 is 0 Å². The molecule has 0 aromatic carbocycles. The summed E-state index contributed by atoms with van der Waals surface area (Å²) in [5.41, 5.74) is 2.92. The fraction of sp³-hybridized carbons (Fsp3) is 1.00. The van der Waals surface area contributed by atoms with Gasteiger partial charge in [0.25, 0.3) is 0 Å². The predicted octanol–water partition coefficient (Wildman–Crippen LogP) is 15.4. The van der Waals surface area contributed by atoms with Gasteiger partial charge in [0.1, 0.15) is 0 Å². The minimum Gasteiger partial charge on any atom is -0.0980 e. The second-order valence-corrected chi connectivity index (χ2v) is 17.4. The molecule has 0 aliphatic heterocycles. The second-order valence-electron chi connectivity index (χ2n) is 13.8. The largest absolute Gasteiger partial charge is 0.0980 e. The van der Waals surface area contributed by atoms with E-state index in [2.05, 4.69) is 41.5 Å². The third kappa shape index (κ3) is 26.1. The quantitative estimate of drug-likeness (QED) is 0.0535. The molecule has 0 aromatic rings. The van der Waals surface area contributed by atoms with Crippen LogP contribution in [0.25, 0.3) is 0 Å². The minimum atomic E-state index is 0.152. The van der Waals surface area contributed by atoms with Crippen LogP contribution in [-0.4, -0.2) is 17.0 Å². The molecule has 0 spiro atoms. The summed E-state index contributed by atoms with van der Waals surface area (Å²) < 4.78 is 0. The van der Waals surface area contributed by atoms with Gasteiger partial charge in [-0.25, -0.2) is 0 Å². The molecule has 0 aromatic heterocycles. The van der Waals surface area contributed by atoms with Crippen LogP contribution in [0.2, 0.25) is 0 Å². The Hall–Kier alpha value is 0.430. The molecule has 242 valence electrons.